The van der Waals surface area contributed by atoms with Crippen LogP contribution in [0.2, 0.25) is 5.02 Å². The fourth-order valence-corrected chi connectivity index (χ4v) is 4.75. The normalized spacial score (nSPS) is 14.2. The van der Waals surface area contributed by atoms with Crippen LogP contribution in [0.25, 0.3) is 0 Å². The first kappa shape index (κ1) is 27.1. The Morgan fingerprint density at radius 1 is 1.14 bits per heavy atom. The van der Waals surface area contributed by atoms with Gasteiger partial charge < -0.3 is 15.7 Å². The van der Waals surface area contributed by atoms with Crippen molar-refractivity contribution >= 4 is 45.4 Å². The van der Waals surface area contributed by atoms with Gasteiger partial charge in [0.05, 0.1) is 4.90 Å². The number of halogens is 1. The topological polar surface area (TPSA) is 166 Å². The van der Waals surface area contributed by atoms with E-state index in [4.69, 9.17) is 11.6 Å². The van der Waals surface area contributed by atoms with E-state index in [1.54, 1.807) is 24.3 Å². The van der Waals surface area contributed by atoms with E-state index in [0.29, 0.717) is 18.9 Å². The molecule has 1 atom stereocenters. The van der Waals surface area contributed by atoms with Gasteiger partial charge in [0.25, 0.3) is 5.91 Å². The van der Waals surface area contributed by atoms with Gasteiger partial charge in [-0.15, -0.1) is 0 Å². The number of carboxylic acids is 1. The van der Waals surface area contributed by atoms with E-state index in [1.165, 1.54) is 24.3 Å². The highest BCUT2D eigenvalue weighted by molar-refractivity contribution is 7.89. The lowest BCUT2D eigenvalue weighted by Gasteiger charge is -2.16. The van der Waals surface area contributed by atoms with Gasteiger partial charge >= 0.3 is 5.97 Å². The van der Waals surface area contributed by atoms with Crippen molar-refractivity contribution in [2.75, 3.05) is 19.6 Å². The summed E-state index contributed by atoms with van der Waals surface area (Å²) in [7, 11) is -4.18. The maximum absolute atomic E-state index is 12.5. The lowest BCUT2D eigenvalue weighted by atomic mass is 10.1. The van der Waals surface area contributed by atoms with Crippen molar-refractivity contribution in [3.8, 4) is 0 Å². The van der Waals surface area contributed by atoms with E-state index in [0.717, 1.165) is 18.5 Å². The maximum Gasteiger partial charge on any atom is 0.323 e. The molecule has 1 unspecified atom stereocenters. The molecule has 36 heavy (non-hydrogen) atoms. The SMILES string of the molecule is O=C(CCc1ccc(C(=O)NCC(NS(=O)(=O)c2cccc(Cl)c2)C(=O)O)cc1)NC1=NCCCN1. The summed E-state index contributed by atoms with van der Waals surface area (Å²) in [5, 5.41) is 17.7. The standard InChI is InChI=1S/C23H26ClN5O6S/c24-17-3-1-4-18(13-17)36(34,35)29-19(22(32)33)14-27-21(31)16-8-5-15(6-9-16)7-10-20(30)28-23-25-11-2-12-26-23/h1,3-6,8-9,13,19,29H,2,7,10-12,14H2,(H,27,31)(H,32,33)(H2,25,26,28,30). The second-order valence-corrected chi connectivity index (χ2v) is 10.1. The summed E-state index contributed by atoms with van der Waals surface area (Å²) in [6, 6.07) is 10.2. The molecule has 192 valence electrons. The van der Waals surface area contributed by atoms with Gasteiger partial charge in [0.15, 0.2) is 5.96 Å². The van der Waals surface area contributed by atoms with Gasteiger partial charge in [-0.3, -0.25) is 24.7 Å². The zero-order chi connectivity index (χ0) is 26.1. The molecule has 11 nitrogen and oxygen atoms in total. The summed E-state index contributed by atoms with van der Waals surface area (Å²) >= 11 is 5.81. The number of guanidine groups is 1. The van der Waals surface area contributed by atoms with E-state index in [1.807, 2.05) is 0 Å². The lowest BCUT2D eigenvalue weighted by Crippen LogP contribution is -2.48. The average molecular weight is 536 g/mol. The number of nitrogens with one attached hydrogen (secondary N) is 4. The first-order valence-corrected chi connectivity index (χ1v) is 13.0. The summed E-state index contributed by atoms with van der Waals surface area (Å²) in [6.07, 6.45) is 1.61. The molecule has 2 aromatic rings. The molecule has 0 aromatic heterocycles. The predicted molar refractivity (Wildman–Crippen MR) is 133 cm³/mol. The smallest absolute Gasteiger partial charge is 0.323 e. The number of rotatable bonds is 10. The number of nitrogens with zero attached hydrogens (tertiary/aromatic N) is 1. The van der Waals surface area contributed by atoms with E-state index in [2.05, 4.69) is 25.7 Å². The van der Waals surface area contributed by atoms with Crippen molar-refractivity contribution in [3.63, 3.8) is 0 Å². The zero-order valence-electron chi connectivity index (χ0n) is 19.2. The van der Waals surface area contributed by atoms with Crippen molar-refractivity contribution < 1.29 is 27.9 Å². The Kier molecular flexibility index (Phi) is 9.39. The number of benzene rings is 2. The molecule has 0 aliphatic carbocycles. The highest BCUT2D eigenvalue weighted by atomic mass is 35.5. The molecule has 0 saturated heterocycles. The van der Waals surface area contributed by atoms with Gasteiger partial charge in [-0.25, -0.2) is 8.42 Å². The third kappa shape index (κ3) is 8.04. The molecule has 0 bridgehead atoms. The minimum absolute atomic E-state index is 0.176. The van der Waals surface area contributed by atoms with Crippen LogP contribution >= 0.6 is 11.6 Å². The molecular weight excluding hydrogens is 510 g/mol. The van der Waals surface area contributed by atoms with Crippen LogP contribution in [0, 0.1) is 0 Å². The molecular formula is C23H26ClN5O6S. The summed E-state index contributed by atoms with van der Waals surface area (Å²) < 4.78 is 27.0. The summed E-state index contributed by atoms with van der Waals surface area (Å²) in [5.41, 5.74) is 1.09. The Labute approximate surface area is 213 Å². The van der Waals surface area contributed by atoms with E-state index in [-0.39, 0.29) is 27.8 Å². The number of hydrogen-bond donors (Lipinski definition) is 5. The van der Waals surface area contributed by atoms with E-state index < -0.39 is 34.5 Å². The number of aryl methyl sites for hydroxylation is 1. The third-order valence-electron chi connectivity index (χ3n) is 5.18. The molecule has 0 saturated carbocycles. The number of aliphatic imine (C=N–C) groups is 1. The summed E-state index contributed by atoms with van der Waals surface area (Å²) in [5.74, 6) is -1.73. The first-order chi connectivity index (χ1) is 17.1. The molecule has 0 radical (unpaired) electrons. The van der Waals surface area contributed by atoms with Crippen molar-refractivity contribution in [3.05, 3.63) is 64.7 Å². The Morgan fingerprint density at radius 3 is 2.53 bits per heavy atom. The molecule has 1 heterocycles. The number of carbonyl (C=O) groups excluding carboxylic acids is 2. The van der Waals surface area contributed by atoms with E-state index in [9.17, 15) is 27.9 Å². The summed E-state index contributed by atoms with van der Waals surface area (Å²) in [4.78, 5) is 40.1. The number of hydrogen-bond acceptors (Lipinski definition) is 7. The molecule has 2 aromatic carbocycles. The fourth-order valence-electron chi connectivity index (χ4n) is 3.26. The van der Waals surface area contributed by atoms with Crippen molar-refractivity contribution in [2.45, 2.75) is 30.2 Å². The second kappa shape index (κ2) is 12.5. The minimum atomic E-state index is -4.18. The number of carboxylic acid groups (broad SMARTS) is 1. The Bertz CT molecular complexity index is 1250. The van der Waals surface area contributed by atoms with Gasteiger partial charge in [-0.2, -0.15) is 4.72 Å². The van der Waals surface area contributed by atoms with Crippen LogP contribution < -0.4 is 20.7 Å². The summed E-state index contributed by atoms with van der Waals surface area (Å²) in [6.45, 7) is 0.963. The van der Waals surface area contributed by atoms with Crippen LogP contribution in [0.1, 0.15) is 28.8 Å². The quantitative estimate of drug-likeness (QED) is 0.301. The molecule has 0 spiro atoms. The van der Waals surface area contributed by atoms with Gasteiger partial charge in [0.1, 0.15) is 6.04 Å². The van der Waals surface area contributed by atoms with Crippen LogP contribution in [0.15, 0.2) is 58.4 Å². The Hall–Kier alpha value is -3.48. The molecule has 5 N–H and O–H groups in total. The fraction of sp³-hybridized carbons (Fsp3) is 0.304. The van der Waals surface area contributed by atoms with Gasteiger partial charge in [0.2, 0.25) is 15.9 Å². The van der Waals surface area contributed by atoms with Gasteiger partial charge in [-0.05, 0) is 48.7 Å². The molecule has 13 heteroatoms. The number of carbonyl (C=O) groups is 3. The largest absolute Gasteiger partial charge is 0.480 e. The first-order valence-electron chi connectivity index (χ1n) is 11.1. The van der Waals surface area contributed by atoms with Gasteiger partial charge in [-0.1, -0.05) is 29.8 Å². The zero-order valence-corrected chi connectivity index (χ0v) is 20.7. The molecule has 1 aliphatic heterocycles. The molecule has 2 amide bonds. The van der Waals surface area contributed by atoms with Crippen LogP contribution in [0.3, 0.4) is 0 Å². The average Bonchev–Trinajstić information content (AvgIpc) is 2.86. The Balaban J connectivity index is 1.51. The third-order valence-corrected chi connectivity index (χ3v) is 6.89. The Morgan fingerprint density at radius 2 is 1.89 bits per heavy atom. The number of sulfonamides is 1. The number of aliphatic carboxylic acids is 1. The van der Waals surface area contributed by atoms with Crippen molar-refractivity contribution in [1.82, 2.24) is 20.7 Å². The minimum Gasteiger partial charge on any atom is -0.480 e. The van der Waals surface area contributed by atoms with Crippen LogP contribution in [-0.2, 0) is 26.0 Å². The highest BCUT2D eigenvalue weighted by Crippen LogP contribution is 2.15. The van der Waals surface area contributed by atoms with Crippen molar-refractivity contribution in [1.29, 1.82) is 0 Å². The van der Waals surface area contributed by atoms with Crippen molar-refractivity contribution in [2.24, 2.45) is 4.99 Å². The van der Waals surface area contributed by atoms with Crippen LogP contribution in [0.4, 0.5) is 0 Å². The molecule has 1 aliphatic rings. The monoisotopic (exact) mass is 535 g/mol. The lowest BCUT2D eigenvalue weighted by molar-refractivity contribution is -0.138. The van der Waals surface area contributed by atoms with E-state index >= 15 is 0 Å². The predicted octanol–water partition coefficient (Wildman–Crippen LogP) is 0.900. The highest BCUT2D eigenvalue weighted by Gasteiger charge is 2.26. The second-order valence-electron chi connectivity index (χ2n) is 7.94. The molecule has 3 rings (SSSR count). The van der Waals surface area contributed by atoms with Crippen LogP contribution in [-0.4, -0.2) is 62.9 Å². The maximum atomic E-state index is 12.5. The van der Waals surface area contributed by atoms with Crippen LogP contribution in [0.5, 0.6) is 0 Å². The van der Waals surface area contributed by atoms with Gasteiger partial charge in [0, 0.05) is 36.6 Å². The molecule has 0 fully saturated rings. The number of amides is 2.